The minimum atomic E-state index is -0.494. The first kappa shape index (κ1) is 18.2. The quantitative estimate of drug-likeness (QED) is 0.748. The first-order valence-corrected chi connectivity index (χ1v) is 8.30. The number of ether oxygens (including phenoxy) is 2. The van der Waals surface area contributed by atoms with E-state index in [4.69, 9.17) is 9.47 Å². The van der Waals surface area contributed by atoms with Crippen molar-refractivity contribution in [2.75, 3.05) is 13.2 Å². The number of likely N-dealkylation sites (tertiary alicyclic amines) is 1. The van der Waals surface area contributed by atoms with Gasteiger partial charge in [-0.05, 0) is 45.2 Å². The van der Waals surface area contributed by atoms with E-state index < -0.39 is 5.60 Å². The molecule has 0 unspecified atom stereocenters. The van der Waals surface area contributed by atoms with E-state index in [1.807, 2.05) is 33.8 Å². The van der Waals surface area contributed by atoms with E-state index in [0.29, 0.717) is 25.3 Å². The number of carbonyl (C=O) groups is 2. The number of hydrogen-bond acceptors (Lipinski definition) is 5. The van der Waals surface area contributed by atoms with E-state index in [0.717, 1.165) is 18.3 Å². The van der Waals surface area contributed by atoms with Crippen LogP contribution in [0.2, 0.25) is 0 Å². The van der Waals surface area contributed by atoms with Crippen LogP contribution in [0.3, 0.4) is 0 Å². The van der Waals surface area contributed by atoms with Crippen LogP contribution in [0.15, 0.2) is 18.5 Å². The van der Waals surface area contributed by atoms with Crippen molar-refractivity contribution in [3.63, 3.8) is 0 Å². The van der Waals surface area contributed by atoms with Crippen molar-refractivity contribution < 1.29 is 19.1 Å². The fourth-order valence-electron chi connectivity index (χ4n) is 2.44. The van der Waals surface area contributed by atoms with E-state index in [1.165, 1.54) is 0 Å². The van der Waals surface area contributed by atoms with Gasteiger partial charge in [-0.1, -0.05) is 6.92 Å². The van der Waals surface area contributed by atoms with Crippen molar-refractivity contribution in [1.82, 2.24) is 9.88 Å². The zero-order valence-corrected chi connectivity index (χ0v) is 14.8. The van der Waals surface area contributed by atoms with Gasteiger partial charge in [0.2, 0.25) is 0 Å². The number of pyridine rings is 1. The molecule has 2 rings (SSSR count). The summed E-state index contributed by atoms with van der Waals surface area (Å²) in [5, 5.41) is 0. The van der Waals surface area contributed by atoms with Gasteiger partial charge in [0.1, 0.15) is 24.2 Å². The van der Waals surface area contributed by atoms with Gasteiger partial charge >= 0.3 is 6.09 Å². The summed E-state index contributed by atoms with van der Waals surface area (Å²) in [6.45, 7) is 8.54. The molecule has 1 saturated heterocycles. The number of aromatic nitrogens is 1. The van der Waals surface area contributed by atoms with Crippen LogP contribution in [-0.4, -0.2) is 47.1 Å². The van der Waals surface area contributed by atoms with Gasteiger partial charge in [-0.25, -0.2) is 4.79 Å². The van der Waals surface area contributed by atoms with Gasteiger partial charge in [0, 0.05) is 18.7 Å². The van der Waals surface area contributed by atoms with Crippen LogP contribution in [0.1, 0.15) is 39.7 Å². The molecule has 6 nitrogen and oxygen atoms in total. The van der Waals surface area contributed by atoms with Gasteiger partial charge in [-0.3, -0.25) is 4.98 Å². The normalized spacial score (nSPS) is 18.5. The molecule has 0 N–H and O–H groups in total. The topological polar surface area (TPSA) is 68.7 Å². The maximum atomic E-state index is 12.1. The Bertz CT molecular complexity index is 583. The molecule has 2 atom stereocenters. The second-order valence-electron chi connectivity index (χ2n) is 7.27. The number of hydrogen-bond donors (Lipinski definition) is 0. The highest BCUT2D eigenvalue weighted by Gasteiger charge is 2.35. The van der Waals surface area contributed by atoms with Gasteiger partial charge in [-0.2, -0.15) is 0 Å². The van der Waals surface area contributed by atoms with Crippen LogP contribution < -0.4 is 4.74 Å². The molecule has 1 fully saturated rings. The van der Waals surface area contributed by atoms with E-state index in [1.54, 1.807) is 17.3 Å². The second-order valence-corrected chi connectivity index (χ2v) is 7.27. The molecule has 1 aliphatic heterocycles. The third kappa shape index (κ3) is 5.22. The first-order chi connectivity index (χ1) is 11.3. The molecule has 1 amide bonds. The van der Waals surface area contributed by atoms with Crippen LogP contribution >= 0.6 is 0 Å². The molecule has 0 aromatic carbocycles. The molecule has 6 heteroatoms. The molecule has 132 valence electrons. The smallest absolute Gasteiger partial charge is 0.410 e. The molecule has 2 heterocycles. The van der Waals surface area contributed by atoms with Crippen LogP contribution in [0.25, 0.3) is 0 Å². The lowest BCUT2D eigenvalue weighted by molar-refractivity contribution is -0.110. The van der Waals surface area contributed by atoms with E-state index >= 15 is 0 Å². The van der Waals surface area contributed by atoms with Crippen LogP contribution in [-0.2, 0) is 16.0 Å². The summed E-state index contributed by atoms with van der Waals surface area (Å²) >= 11 is 0. The highest BCUT2D eigenvalue weighted by atomic mass is 16.6. The summed E-state index contributed by atoms with van der Waals surface area (Å²) < 4.78 is 11.2. The first-order valence-electron chi connectivity index (χ1n) is 8.30. The molecule has 0 bridgehead atoms. The van der Waals surface area contributed by atoms with E-state index in [9.17, 15) is 9.59 Å². The van der Waals surface area contributed by atoms with E-state index in [2.05, 4.69) is 4.98 Å². The van der Waals surface area contributed by atoms with Crippen molar-refractivity contribution in [2.24, 2.45) is 5.92 Å². The largest absolute Gasteiger partial charge is 0.490 e. The molecule has 1 aromatic heterocycles. The fourth-order valence-corrected chi connectivity index (χ4v) is 2.44. The number of rotatable bonds is 6. The van der Waals surface area contributed by atoms with Gasteiger partial charge < -0.3 is 19.2 Å². The Kier molecular flexibility index (Phi) is 5.80. The minimum Gasteiger partial charge on any atom is -0.490 e. The predicted molar refractivity (Wildman–Crippen MR) is 90.0 cm³/mol. The summed E-state index contributed by atoms with van der Waals surface area (Å²) in [7, 11) is 0. The van der Waals surface area contributed by atoms with Crippen molar-refractivity contribution >= 4 is 12.4 Å². The molecular formula is C18H26N2O4. The van der Waals surface area contributed by atoms with E-state index in [-0.39, 0.29) is 18.1 Å². The molecule has 0 spiro atoms. The Morgan fingerprint density at radius 2 is 2.21 bits per heavy atom. The van der Waals surface area contributed by atoms with Gasteiger partial charge in [-0.15, -0.1) is 0 Å². The highest BCUT2D eigenvalue weighted by Crippen LogP contribution is 2.23. The SMILES string of the molecule is C[C@@H](C=O)Cc1cncc(OC[C@@H]2CCN2C(=O)OC(C)(C)C)c1. The summed E-state index contributed by atoms with van der Waals surface area (Å²) in [5.41, 5.74) is 0.468. The summed E-state index contributed by atoms with van der Waals surface area (Å²) in [6, 6.07) is 1.92. The Morgan fingerprint density at radius 3 is 2.79 bits per heavy atom. The average molecular weight is 334 g/mol. The Labute approximate surface area is 143 Å². The van der Waals surface area contributed by atoms with Crippen LogP contribution in [0.4, 0.5) is 4.79 Å². The zero-order valence-electron chi connectivity index (χ0n) is 14.8. The fraction of sp³-hybridized carbons (Fsp3) is 0.611. The lowest BCUT2D eigenvalue weighted by Crippen LogP contribution is -2.55. The van der Waals surface area contributed by atoms with Crippen molar-refractivity contribution in [3.8, 4) is 5.75 Å². The minimum absolute atomic E-state index is 0.0254. The lowest BCUT2D eigenvalue weighted by Gasteiger charge is -2.40. The van der Waals surface area contributed by atoms with Crippen molar-refractivity contribution in [2.45, 2.75) is 52.2 Å². The molecule has 0 radical (unpaired) electrons. The number of amides is 1. The van der Waals surface area contributed by atoms with Crippen molar-refractivity contribution in [3.05, 3.63) is 24.0 Å². The number of nitrogens with zero attached hydrogens (tertiary/aromatic N) is 2. The summed E-state index contributed by atoms with van der Waals surface area (Å²) in [6.07, 6.45) is 5.56. The molecule has 24 heavy (non-hydrogen) atoms. The predicted octanol–water partition coefficient (Wildman–Crippen LogP) is 2.85. The van der Waals surface area contributed by atoms with Gasteiger partial charge in [0.15, 0.2) is 0 Å². The number of carbonyl (C=O) groups excluding carboxylic acids is 2. The average Bonchev–Trinajstić information content (AvgIpc) is 2.44. The van der Waals surface area contributed by atoms with Crippen LogP contribution in [0.5, 0.6) is 5.75 Å². The second kappa shape index (κ2) is 7.64. The summed E-state index contributed by atoms with van der Waals surface area (Å²) in [5.74, 6) is 0.609. The molecule has 0 aliphatic carbocycles. The monoisotopic (exact) mass is 334 g/mol. The third-order valence-electron chi connectivity index (χ3n) is 3.77. The Hall–Kier alpha value is -2.11. The molecule has 1 aliphatic rings. The maximum absolute atomic E-state index is 12.1. The number of aldehydes is 1. The van der Waals surface area contributed by atoms with Crippen molar-refractivity contribution in [1.29, 1.82) is 0 Å². The molecule has 0 saturated carbocycles. The highest BCUT2D eigenvalue weighted by molar-refractivity contribution is 5.69. The Balaban J connectivity index is 1.86. The molecular weight excluding hydrogens is 308 g/mol. The zero-order chi connectivity index (χ0) is 17.7. The van der Waals surface area contributed by atoms with Gasteiger partial charge in [0.25, 0.3) is 0 Å². The molecule has 1 aromatic rings. The Morgan fingerprint density at radius 1 is 1.46 bits per heavy atom. The standard InChI is InChI=1S/C18H26N2O4/c1-13(11-21)7-14-8-16(10-19-9-14)23-12-15-5-6-20(15)17(22)24-18(2,3)4/h8-11,13,15H,5-7,12H2,1-4H3/t13-,15+/m1/s1. The maximum Gasteiger partial charge on any atom is 0.410 e. The lowest BCUT2D eigenvalue weighted by atomic mass is 10.0. The summed E-state index contributed by atoms with van der Waals surface area (Å²) in [4.78, 5) is 28.7. The third-order valence-corrected chi connectivity index (χ3v) is 3.77. The van der Waals surface area contributed by atoms with Gasteiger partial charge in [0.05, 0.1) is 12.2 Å². The van der Waals surface area contributed by atoms with Crippen LogP contribution in [0, 0.1) is 5.92 Å².